The summed E-state index contributed by atoms with van der Waals surface area (Å²) in [5.41, 5.74) is -0.270. The van der Waals surface area contributed by atoms with Crippen molar-refractivity contribution in [3.63, 3.8) is 0 Å². The van der Waals surface area contributed by atoms with Crippen molar-refractivity contribution in [2.24, 2.45) is 5.92 Å². The van der Waals surface area contributed by atoms with E-state index in [1.807, 2.05) is 0 Å². The molecule has 0 radical (unpaired) electrons. The van der Waals surface area contributed by atoms with Crippen LogP contribution in [0.2, 0.25) is 0 Å². The number of benzene rings is 2. The fourth-order valence-electron chi connectivity index (χ4n) is 3.77. The fraction of sp³-hybridized carbons (Fsp3) is 0.238. The van der Waals surface area contributed by atoms with Crippen LogP contribution in [0.5, 0.6) is 11.5 Å². The molecule has 0 fully saturated rings. The maximum absolute atomic E-state index is 13.2. The monoisotopic (exact) mass is 380 g/mol. The van der Waals surface area contributed by atoms with Crippen LogP contribution in [0.25, 0.3) is 10.8 Å². The van der Waals surface area contributed by atoms with Gasteiger partial charge in [0.1, 0.15) is 5.75 Å². The molecule has 142 valence electrons. The number of allylic oxidation sites excluding steroid dienone is 1. The maximum atomic E-state index is 13.2. The van der Waals surface area contributed by atoms with Gasteiger partial charge in [-0.25, -0.2) is 0 Å². The molecule has 4 rings (SSSR count). The number of carbonyl (C=O) groups is 4. The van der Waals surface area contributed by atoms with E-state index < -0.39 is 29.6 Å². The van der Waals surface area contributed by atoms with E-state index in [4.69, 9.17) is 9.47 Å². The van der Waals surface area contributed by atoms with Crippen LogP contribution in [0, 0.1) is 5.92 Å². The van der Waals surface area contributed by atoms with Crippen LogP contribution in [-0.4, -0.2) is 34.5 Å². The van der Waals surface area contributed by atoms with Gasteiger partial charge in [-0.1, -0.05) is 24.3 Å². The molecule has 1 N–H and O–H groups in total. The number of hydrogen-bond donors (Lipinski definition) is 1. The maximum Gasteiger partial charge on any atom is 0.308 e. The third-order valence-electron chi connectivity index (χ3n) is 5.08. The number of Topliss-reactive ketones (excluding diaryl/α,β-unsaturated/α-hetero) is 3. The van der Waals surface area contributed by atoms with Crippen LogP contribution < -0.4 is 4.74 Å². The lowest BCUT2D eigenvalue weighted by Crippen LogP contribution is -2.38. The van der Waals surface area contributed by atoms with Gasteiger partial charge in [0.05, 0.1) is 23.3 Å². The summed E-state index contributed by atoms with van der Waals surface area (Å²) in [6, 6.07) is 6.49. The Morgan fingerprint density at radius 1 is 1.11 bits per heavy atom. The number of rotatable bonds is 2. The average molecular weight is 380 g/mol. The third-order valence-corrected chi connectivity index (χ3v) is 5.08. The summed E-state index contributed by atoms with van der Waals surface area (Å²) in [4.78, 5) is 49.7. The van der Waals surface area contributed by atoms with Crippen molar-refractivity contribution in [1.82, 2.24) is 0 Å². The first-order chi connectivity index (χ1) is 13.3. The second kappa shape index (κ2) is 6.30. The topological polar surface area (TPSA) is 107 Å². The molecule has 7 heteroatoms. The Balaban J connectivity index is 2.02. The van der Waals surface area contributed by atoms with E-state index >= 15 is 0 Å². The molecule has 2 aromatic rings. The molecule has 0 bridgehead atoms. The average Bonchev–Trinajstić information content (AvgIpc) is 2.67. The third kappa shape index (κ3) is 2.51. The zero-order valence-electron chi connectivity index (χ0n) is 15.1. The summed E-state index contributed by atoms with van der Waals surface area (Å²) in [7, 11) is 0. The molecule has 1 heterocycles. The van der Waals surface area contributed by atoms with E-state index in [-0.39, 0.29) is 40.4 Å². The summed E-state index contributed by atoms with van der Waals surface area (Å²) < 4.78 is 10.6. The predicted octanol–water partition coefficient (Wildman–Crippen LogP) is 2.73. The van der Waals surface area contributed by atoms with E-state index in [1.54, 1.807) is 24.3 Å². The van der Waals surface area contributed by atoms with Gasteiger partial charge < -0.3 is 14.6 Å². The molecule has 0 spiro atoms. The van der Waals surface area contributed by atoms with E-state index in [0.717, 1.165) is 6.26 Å². The minimum atomic E-state index is -0.903. The number of ketones is 3. The highest BCUT2D eigenvalue weighted by atomic mass is 16.5. The Hall–Kier alpha value is -3.48. The minimum Gasteiger partial charge on any atom is -0.507 e. The highest BCUT2D eigenvalue weighted by molar-refractivity contribution is 6.28. The van der Waals surface area contributed by atoms with Crippen LogP contribution in [0.3, 0.4) is 0 Å². The van der Waals surface area contributed by atoms with E-state index in [2.05, 4.69) is 0 Å². The molecule has 7 nitrogen and oxygen atoms in total. The van der Waals surface area contributed by atoms with Crippen LogP contribution in [0.15, 0.2) is 36.1 Å². The van der Waals surface area contributed by atoms with Crippen molar-refractivity contribution < 1.29 is 33.8 Å². The van der Waals surface area contributed by atoms with Gasteiger partial charge >= 0.3 is 5.97 Å². The van der Waals surface area contributed by atoms with E-state index in [1.165, 1.54) is 13.8 Å². The van der Waals surface area contributed by atoms with Gasteiger partial charge in [0.2, 0.25) is 0 Å². The highest BCUT2D eigenvalue weighted by Crippen LogP contribution is 2.47. The van der Waals surface area contributed by atoms with Crippen LogP contribution in [-0.2, 0) is 14.3 Å². The molecular formula is C21H16O7. The summed E-state index contributed by atoms with van der Waals surface area (Å²) in [6.07, 6.45) is 0.315. The van der Waals surface area contributed by atoms with Gasteiger partial charge in [-0.3, -0.25) is 19.2 Å². The van der Waals surface area contributed by atoms with E-state index in [0.29, 0.717) is 10.8 Å². The number of aromatic hydroxyl groups is 1. The Morgan fingerprint density at radius 2 is 1.79 bits per heavy atom. The Kier molecular flexibility index (Phi) is 4.03. The quantitative estimate of drug-likeness (QED) is 0.630. The summed E-state index contributed by atoms with van der Waals surface area (Å²) >= 11 is 0. The van der Waals surface area contributed by atoms with Crippen molar-refractivity contribution in [3.8, 4) is 11.5 Å². The predicted molar refractivity (Wildman–Crippen MR) is 97.3 cm³/mol. The number of hydrogen-bond acceptors (Lipinski definition) is 7. The molecule has 2 aliphatic rings. The molecule has 0 aromatic heterocycles. The molecule has 0 saturated carbocycles. The number of phenols is 1. The Bertz CT molecular complexity index is 1110. The van der Waals surface area contributed by atoms with Crippen LogP contribution >= 0.6 is 0 Å². The van der Waals surface area contributed by atoms with Crippen LogP contribution in [0.1, 0.15) is 41.0 Å². The first-order valence-electron chi connectivity index (χ1n) is 8.72. The van der Waals surface area contributed by atoms with Gasteiger partial charge in [-0.15, -0.1) is 0 Å². The zero-order chi connectivity index (χ0) is 20.2. The summed E-state index contributed by atoms with van der Waals surface area (Å²) in [5.74, 6) is -3.31. The minimum absolute atomic E-state index is 0.0142. The van der Waals surface area contributed by atoms with Crippen molar-refractivity contribution in [1.29, 1.82) is 0 Å². The standard InChI is InChI=1S/C21H16O7/c1-9(22)15-7-13-14(8-27-15)20(26)17-16(19(13)25)18(24)11-5-3-4-6-12(11)21(17)28-10(2)23/h3-6,8,13,15,24H,7H2,1-2H3. The lowest BCUT2D eigenvalue weighted by molar-refractivity contribution is -0.131. The number of carbonyl (C=O) groups excluding carboxylic acids is 4. The van der Waals surface area contributed by atoms with Gasteiger partial charge in [0.15, 0.2) is 29.2 Å². The van der Waals surface area contributed by atoms with Crippen molar-refractivity contribution >= 4 is 34.1 Å². The van der Waals surface area contributed by atoms with Gasteiger partial charge in [-0.2, -0.15) is 0 Å². The Labute approximate surface area is 159 Å². The summed E-state index contributed by atoms with van der Waals surface area (Å²) in [5, 5.41) is 11.4. The van der Waals surface area contributed by atoms with Crippen molar-refractivity contribution in [2.75, 3.05) is 0 Å². The normalized spacial score (nSPS) is 20.7. The number of fused-ring (bicyclic) bond motifs is 3. The SMILES string of the molecule is CC(=O)Oc1c2c(c(O)c3ccccc13)C(=O)C1CC(C(C)=O)OC=C1C2=O. The molecule has 1 aliphatic carbocycles. The van der Waals surface area contributed by atoms with Crippen molar-refractivity contribution in [2.45, 2.75) is 26.4 Å². The lowest BCUT2D eigenvalue weighted by Gasteiger charge is -2.32. The largest absolute Gasteiger partial charge is 0.507 e. The summed E-state index contributed by atoms with van der Waals surface area (Å²) in [6.45, 7) is 2.53. The molecule has 0 saturated heterocycles. The molecule has 2 atom stereocenters. The number of ether oxygens (including phenoxy) is 2. The second-order valence-electron chi connectivity index (χ2n) is 6.86. The molecule has 0 amide bonds. The van der Waals surface area contributed by atoms with Crippen LogP contribution in [0.4, 0.5) is 0 Å². The molecule has 28 heavy (non-hydrogen) atoms. The highest BCUT2D eigenvalue weighted by Gasteiger charge is 2.45. The first-order valence-corrected chi connectivity index (χ1v) is 8.72. The molecular weight excluding hydrogens is 364 g/mol. The molecule has 1 aliphatic heterocycles. The molecule has 2 aromatic carbocycles. The number of phenolic OH excluding ortho intramolecular Hbond substituents is 1. The smallest absolute Gasteiger partial charge is 0.308 e. The van der Waals surface area contributed by atoms with Gasteiger partial charge in [0.25, 0.3) is 0 Å². The fourth-order valence-corrected chi connectivity index (χ4v) is 3.77. The molecule has 2 unspecified atom stereocenters. The van der Waals surface area contributed by atoms with Gasteiger partial charge in [-0.05, 0) is 6.92 Å². The van der Waals surface area contributed by atoms with Crippen molar-refractivity contribution in [3.05, 3.63) is 47.2 Å². The Morgan fingerprint density at radius 3 is 2.43 bits per heavy atom. The first kappa shape index (κ1) is 17.9. The lowest BCUT2D eigenvalue weighted by atomic mass is 9.73. The van der Waals surface area contributed by atoms with E-state index in [9.17, 15) is 24.3 Å². The zero-order valence-corrected chi connectivity index (χ0v) is 15.1. The second-order valence-corrected chi connectivity index (χ2v) is 6.86. The van der Waals surface area contributed by atoms with Gasteiger partial charge in [0, 0.05) is 29.7 Å². The number of esters is 1.